The second kappa shape index (κ2) is 11.3. The molecule has 0 saturated carbocycles. The summed E-state index contributed by atoms with van der Waals surface area (Å²) in [5.41, 5.74) is 11.2. The van der Waals surface area contributed by atoms with Gasteiger partial charge >= 0.3 is 7.48 Å². The van der Waals surface area contributed by atoms with Crippen LogP contribution in [0.4, 0.5) is 5.69 Å². The molecule has 2 aromatic rings. The van der Waals surface area contributed by atoms with Gasteiger partial charge in [-0.1, -0.05) is 90.9 Å². The second-order valence-electron chi connectivity index (χ2n) is 16.0. The van der Waals surface area contributed by atoms with E-state index in [-0.39, 0.29) is 22.7 Å². The standard InChI is InChI=1S/C42H50BN2O2/c1-26-34-35(27(2)42(8)36(26)31-21-15-16-22-32(31)45-38(42)29-19-13-10-14-20-29)30-23-24-41(7,43-47-40(5,6)39(3,4)46)25-33(30)44-37(34)28-17-11-9-12-18-28/h9,11-13,15-19,21-24,29,36-37,44,46H,10,14,20,25H2,1-8H3/t29?,36?,37?,41-,42?/m1/s1. The van der Waals surface area contributed by atoms with Crippen molar-refractivity contribution in [2.45, 2.75) is 110 Å². The fraction of sp³-hybridized carbons (Fsp3) is 0.452. The molecule has 0 bridgehead atoms. The quantitative estimate of drug-likeness (QED) is 0.248. The molecule has 2 aliphatic heterocycles. The highest BCUT2D eigenvalue weighted by atomic mass is 16.5. The summed E-state index contributed by atoms with van der Waals surface area (Å²) in [6.45, 7) is 17.0. The fourth-order valence-corrected chi connectivity index (χ4v) is 8.58. The Morgan fingerprint density at radius 3 is 2.43 bits per heavy atom. The van der Waals surface area contributed by atoms with Gasteiger partial charge in [0, 0.05) is 34.2 Å². The molecule has 0 aromatic heterocycles. The summed E-state index contributed by atoms with van der Waals surface area (Å²) < 4.78 is 6.35. The van der Waals surface area contributed by atoms with Gasteiger partial charge < -0.3 is 15.1 Å². The average Bonchev–Trinajstić information content (AvgIpc) is 3.05. The van der Waals surface area contributed by atoms with E-state index in [4.69, 9.17) is 9.65 Å². The number of nitrogens with one attached hydrogen (secondary N) is 1. The van der Waals surface area contributed by atoms with Crippen molar-refractivity contribution in [3.8, 4) is 0 Å². The highest BCUT2D eigenvalue weighted by Gasteiger charge is 2.53. The van der Waals surface area contributed by atoms with Gasteiger partial charge in [-0.05, 0) is 108 Å². The minimum atomic E-state index is -0.983. The number of hydrogen-bond donors (Lipinski definition) is 2. The summed E-state index contributed by atoms with van der Waals surface area (Å²) in [4.78, 5) is 5.54. The molecule has 47 heavy (non-hydrogen) atoms. The van der Waals surface area contributed by atoms with Crippen molar-refractivity contribution in [2.24, 2.45) is 16.3 Å². The molecule has 0 spiro atoms. The summed E-state index contributed by atoms with van der Waals surface area (Å²) in [6, 6.07) is 19.8. The maximum atomic E-state index is 10.8. The maximum absolute atomic E-state index is 10.8. The van der Waals surface area contributed by atoms with Crippen LogP contribution in [0.3, 0.4) is 0 Å². The molecule has 4 nitrogen and oxygen atoms in total. The van der Waals surface area contributed by atoms with Crippen molar-refractivity contribution < 1.29 is 9.76 Å². The third-order valence-electron chi connectivity index (χ3n) is 12.1. The molecule has 7 rings (SSSR count). The Labute approximate surface area is 282 Å². The van der Waals surface area contributed by atoms with E-state index in [0.29, 0.717) is 5.92 Å². The van der Waals surface area contributed by atoms with E-state index in [1.54, 1.807) is 13.8 Å². The fourth-order valence-electron chi connectivity index (χ4n) is 8.58. The van der Waals surface area contributed by atoms with Crippen LogP contribution in [0.1, 0.15) is 104 Å². The van der Waals surface area contributed by atoms with Gasteiger partial charge in [0.05, 0.1) is 22.9 Å². The predicted molar refractivity (Wildman–Crippen MR) is 195 cm³/mol. The number of nitrogens with zero attached hydrogens (tertiary/aromatic N) is 1. The van der Waals surface area contributed by atoms with E-state index >= 15 is 0 Å². The first kappa shape index (κ1) is 32.2. The van der Waals surface area contributed by atoms with Crippen molar-refractivity contribution in [1.29, 1.82) is 0 Å². The van der Waals surface area contributed by atoms with E-state index in [2.05, 4.69) is 112 Å². The smallest absolute Gasteiger partial charge is 0.304 e. The molecule has 2 N–H and O–H groups in total. The second-order valence-corrected chi connectivity index (χ2v) is 16.0. The average molecular weight is 626 g/mol. The highest BCUT2D eigenvalue weighted by Crippen LogP contribution is 2.63. The van der Waals surface area contributed by atoms with Crippen LogP contribution in [0.15, 0.2) is 117 Å². The largest absolute Gasteiger partial charge is 0.432 e. The first-order chi connectivity index (χ1) is 22.3. The molecule has 2 aromatic carbocycles. The molecule has 3 aliphatic carbocycles. The summed E-state index contributed by atoms with van der Waals surface area (Å²) in [5.74, 6) is 0.546. The first-order valence-corrected chi connectivity index (χ1v) is 17.5. The number of benzene rings is 2. The molecule has 1 radical (unpaired) electrons. The minimum Gasteiger partial charge on any atom is -0.432 e. The molecule has 4 unspecified atom stereocenters. The van der Waals surface area contributed by atoms with Crippen LogP contribution in [0.5, 0.6) is 0 Å². The topological polar surface area (TPSA) is 53.9 Å². The van der Waals surface area contributed by atoms with Crippen LogP contribution >= 0.6 is 0 Å². The number of allylic oxidation sites excluding steroid dienone is 8. The molecular formula is C42H50BN2O2. The van der Waals surface area contributed by atoms with E-state index in [1.807, 2.05) is 21.3 Å². The van der Waals surface area contributed by atoms with Crippen LogP contribution in [0.25, 0.3) is 0 Å². The Kier molecular flexibility index (Phi) is 7.76. The molecule has 0 saturated heterocycles. The molecule has 243 valence electrons. The SMILES string of the molecule is CC1=C2C(=C(C)C3(C)C(C4C=CCCC4)=Nc4ccccc4C13)C1=C(C[C@](C)([B]OC(C)(C)C(C)(C)O)C=C1)NC2c1ccccc1. The van der Waals surface area contributed by atoms with Crippen molar-refractivity contribution in [1.82, 2.24) is 5.32 Å². The van der Waals surface area contributed by atoms with Gasteiger partial charge in [0.2, 0.25) is 0 Å². The summed E-state index contributed by atoms with van der Waals surface area (Å²) in [5, 5.41) is 14.5. The summed E-state index contributed by atoms with van der Waals surface area (Å²) in [7, 11) is 1.94. The van der Waals surface area contributed by atoms with Crippen molar-refractivity contribution in [2.75, 3.05) is 0 Å². The zero-order valence-electron chi connectivity index (χ0n) is 29.4. The first-order valence-electron chi connectivity index (χ1n) is 17.5. The number of aliphatic imine (C=N–C) groups is 1. The molecular weight excluding hydrogens is 575 g/mol. The van der Waals surface area contributed by atoms with E-state index < -0.39 is 11.2 Å². The molecule has 5 aliphatic rings. The lowest BCUT2D eigenvalue weighted by Gasteiger charge is -2.53. The van der Waals surface area contributed by atoms with Gasteiger partial charge in [-0.3, -0.25) is 4.99 Å². The summed E-state index contributed by atoms with van der Waals surface area (Å²) >= 11 is 0. The molecule has 0 amide bonds. The number of para-hydroxylation sites is 1. The molecule has 5 atom stereocenters. The monoisotopic (exact) mass is 625 g/mol. The van der Waals surface area contributed by atoms with Crippen molar-refractivity contribution >= 4 is 18.9 Å². The number of fused-ring (bicyclic) bond motifs is 5. The van der Waals surface area contributed by atoms with Crippen LogP contribution < -0.4 is 5.32 Å². The summed E-state index contributed by atoms with van der Waals surface area (Å²) in [6.07, 6.45) is 13.7. The predicted octanol–water partition coefficient (Wildman–Crippen LogP) is 9.79. The lowest BCUT2D eigenvalue weighted by molar-refractivity contribution is -0.0916. The Balaban J connectivity index is 1.40. The Bertz CT molecular complexity index is 1790. The zero-order valence-corrected chi connectivity index (χ0v) is 29.4. The van der Waals surface area contributed by atoms with Crippen LogP contribution in [0, 0.1) is 11.3 Å². The van der Waals surface area contributed by atoms with E-state index in [0.717, 1.165) is 24.9 Å². The maximum Gasteiger partial charge on any atom is 0.304 e. The minimum absolute atomic E-state index is 0.0259. The van der Waals surface area contributed by atoms with E-state index in [1.165, 1.54) is 56.8 Å². The third-order valence-corrected chi connectivity index (χ3v) is 12.1. The molecule has 0 fully saturated rings. The zero-order chi connectivity index (χ0) is 33.4. The van der Waals surface area contributed by atoms with Gasteiger partial charge in [-0.25, -0.2) is 0 Å². The Morgan fingerprint density at radius 2 is 1.72 bits per heavy atom. The van der Waals surface area contributed by atoms with Gasteiger partial charge in [-0.15, -0.1) is 0 Å². The molecule has 5 heteroatoms. The number of aliphatic hydroxyl groups is 1. The Hall–Kier alpha value is -3.41. The van der Waals surface area contributed by atoms with E-state index in [9.17, 15) is 5.11 Å². The normalized spacial score (nSPS) is 30.2. The van der Waals surface area contributed by atoms with Crippen LogP contribution in [0.2, 0.25) is 5.31 Å². The Morgan fingerprint density at radius 1 is 1.00 bits per heavy atom. The third kappa shape index (κ3) is 5.16. The lowest BCUT2D eigenvalue weighted by Crippen LogP contribution is -2.49. The van der Waals surface area contributed by atoms with Gasteiger partial charge in [-0.2, -0.15) is 0 Å². The number of rotatable bonds is 6. The van der Waals surface area contributed by atoms with Gasteiger partial charge in [0.15, 0.2) is 0 Å². The highest BCUT2D eigenvalue weighted by molar-refractivity contribution is 6.33. The lowest BCUT2D eigenvalue weighted by atomic mass is 9.52. The van der Waals surface area contributed by atoms with Crippen molar-refractivity contribution in [3.63, 3.8) is 0 Å². The molecule has 2 heterocycles. The van der Waals surface area contributed by atoms with Crippen LogP contribution in [-0.2, 0) is 4.65 Å². The van der Waals surface area contributed by atoms with Crippen molar-refractivity contribution in [3.05, 3.63) is 124 Å². The van der Waals surface area contributed by atoms with Crippen LogP contribution in [-0.4, -0.2) is 29.5 Å². The van der Waals surface area contributed by atoms with Gasteiger partial charge in [0.1, 0.15) is 0 Å². The van der Waals surface area contributed by atoms with Gasteiger partial charge in [0.25, 0.3) is 0 Å². The number of hydrogen-bond acceptors (Lipinski definition) is 4.